The second-order valence-electron chi connectivity index (χ2n) is 1.71. The van der Waals surface area contributed by atoms with Crippen LogP contribution in [0.3, 0.4) is 0 Å². The van der Waals surface area contributed by atoms with Gasteiger partial charge in [-0.05, 0) is 0 Å². The molecule has 0 aliphatic carbocycles. The van der Waals surface area contributed by atoms with E-state index in [0.29, 0.717) is 0 Å². The van der Waals surface area contributed by atoms with E-state index >= 15 is 0 Å². The summed E-state index contributed by atoms with van der Waals surface area (Å²) >= 11 is 0. The highest BCUT2D eigenvalue weighted by atomic mass is 16.3. The van der Waals surface area contributed by atoms with E-state index in [1.54, 1.807) is 0 Å². The van der Waals surface area contributed by atoms with E-state index in [2.05, 4.69) is 20.3 Å². The van der Waals surface area contributed by atoms with E-state index in [1.165, 1.54) is 0 Å². The number of carbonyl (C=O) groups is 1. The molecule has 1 aromatic rings. The first-order valence-corrected chi connectivity index (χ1v) is 3.13. The second kappa shape index (κ2) is 5.66. The predicted molar refractivity (Wildman–Crippen MR) is 46.5 cm³/mol. The smallest absolute Gasteiger partial charge is 0.231 e. The third kappa shape index (κ3) is 3.82. The van der Waals surface area contributed by atoms with Gasteiger partial charge in [-0.15, -0.1) is 0 Å². The number of nitrogens with zero attached hydrogens (tertiary/aromatic N) is 3. The van der Waals surface area contributed by atoms with Crippen LogP contribution in [0.2, 0.25) is 0 Å². The number of hydrogen-bond donors (Lipinski definition) is 4. The molecule has 8 heteroatoms. The zero-order chi connectivity index (χ0) is 10.3. The third-order valence-electron chi connectivity index (χ3n) is 0.907. The van der Waals surface area contributed by atoms with E-state index in [1.807, 2.05) is 6.79 Å². The summed E-state index contributed by atoms with van der Waals surface area (Å²) in [5.74, 6) is 0.208. The van der Waals surface area contributed by atoms with Crippen LogP contribution in [0.1, 0.15) is 0 Å². The average Bonchev–Trinajstić information content (AvgIpc) is 2.06. The van der Waals surface area contributed by atoms with Crippen molar-refractivity contribution >= 4 is 24.6 Å². The molecule has 1 heterocycles. The van der Waals surface area contributed by atoms with Gasteiger partial charge in [0.1, 0.15) is 13.5 Å². The molecule has 1 rings (SSSR count). The van der Waals surface area contributed by atoms with Crippen LogP contribution < -0.4 is 16.8 Å². The van der Waals surface area contributed by atoms with Crippen molar-refractivity contribution in [2.24, 2.45) is 0 Å². The molecule has 0 spiro atoms. The molecule has 0 unspecified atom stereocenters. The van der Waals surface area contributed by atoms with Crippen molar-refractivity contribution in [3.63, 3.8) is 0 Å². The van der Waals surface area contributed by atoms with Crippen LogP contribution >= 0.6 is 0 Å². The largest absolute Gasteiger partial charge is 0.376 e. The zero-order valence-corrected chi connectivity index (χ0v) is 6.77. The van der Waals surface area contributed by atoms with E-state index in [0.717, 1.165) is 0 Å². The number of nitrogens with two attached hydrogens (primary N) is 2. The van der Waals surface area contributed by atoms with E-state index in [-0.39, 0.29) is 24.6 Å². The Bertz CT molecular complexity index is 247. The molecule has 0 aliphatic heterocycles. The Morgan fingerprint density at radius 3 is 2.08 bits per heavy atom. The topological polar surface area (TPSA) is 140 Å². The molecular weight excluding hydrogens is 176 g/mol. The van der Waals surface area contributed by atoms with Crippen LogP contribution in [0, 0.1) is 0 Å². The first-order chi connectivity index (χ1) is 6.22. The minimum absolute atomic E-state index is 0.0217. The van der Waals surface area contributed by atoms with Crippen molar-refractivity contribution in [3.05, 3.63) is 0 Å². The standard InChI is InChI=1S/C4H8N6O.CH2O/c5-2-8-3(6)10-4(9-2)7-1-11;1-2/h11H,1H2,(H5,5,6,7,8,9,10);1H2. The van der Waals surface area contributed by atoms with Gasteiger partial charge in [-0.25, -0.2) is 0 Å². The van der Waals surface area contributed by atoms with Crippen LogP contribution in [0.15, 0.2) is 0 Å². The first kappa shape index (κ1) is 11.0. The number of hydrogen-bond acceptors (Lipinski definition) is 8. The van der Waals surface area contributed by atoms with Gasteiger partial charge in [0.15, 0.2) is 0 Å². The summed E-state index contributed by atoms with van der Waals surface area (Å²) in [6, 6.07) is 0. The highest BCUT2D eigenvalue weighted by Crippen LogP contribution is 2.01. The van der Waals surface area contributed by atoms with Gasteiger partial charge in [0.25, 0.3) is 0 Å². The molecule has 0 fully saturated rings. The number of aliphatic hydroxyl groups is 1. The molecule has 72 valence electrons. The molecule has 0 bridgehead atoms. The Kier molecular flexibility index (Phi) is 4.81. The van der Waals surface area contributed by atoms with Crippen molar-refractivity contribution in [1.29, 1.82) is 0 Å². The molecule has 0 radical (unpaired) electrons. The molecule has 0 aromatic carbocycles. The van der Waals surface area contributed by atoms with E-state index < -0.39 is 0 Å². The normalized spacial score (nSPS) is 8.38. The van der Waals surface area contributed by atoms with Crippen LogP contribution in [-0.2, 0) is 4.79 Å². The Labute approximate surface area is 74.0 Å². The lowest BCUT2D eigenvalue weighted by molar-refractivity contribution is -0.0979. The molecule has 0 aliphatic rings. The lowest BCUT2D eigenvalue weighted by Gasteiger charge is -2.00. The minimum atomic E-state index is -0.275. The van der Waals surface area contributed by atoms with Gasteiger partial charge in [-0.1, -0.05) is 0 Å². The summed E-state index contributed by atoms with van der Waals surface area (Å²) in [6.07, 6.45) is 0. The highest BCUT2D eigenvalue weighted by Gasteiger charge is 1.98. The number of anilines is 3. The van der Waals surface area contributed by atoms with Gasteiger partial charge in [0.2, 0.25) is 17.8 Å². The van der Waals surface area contributed by atoms with Gasteiger partial charge >= 0.3 is 0 Å². The maximum Gasteiger partial charge on any atom is 0.231 e. The third-order valence-corrected chi connectivity index (χ3v) is 0.907. The number of carbonyl (C=O) groups excluding carboxylic acids is 1. The fourth-order valence-electron chi connectivity index (χ4n) is 0.559. The van der Waals surface area contributed by atoms with Gasteiger partial charge < -0.3 is 26.7 Å². The van der Waals surface area contributed by atoms with Crippen LogP contribution in [0.25, 0.3) is 0 Å². The summed E-state index contributed by atoms with van der Waals surface area (Å²) in [5, 5.41) is 10.8. The predicted octanol–water partition coefficient (Wildman–Crippen LogP) is -1.79. The van der Waals surface area contributed by atoms with Crippen molar-refractivity contribution in [1.82, 2.24) is 15.0 Å². The second-order valence-corrected chi connectivity index (χ2v) is 1.71. The van der Waals surface area contributed by atoms with Crippen molar-refractivity contribution < 1.29 is 9.90 Å². The Morgan fingerprint density at radius 2 is 1.69 bits per heavy atom. The SMILES string of the molecule is C=O.Nc1nc(N)nc(NCO)n1. The molecule has 13 heavy (non-hydrogen) atoms. The summed E-state index contributed by atoms with van der Waals surface area (Å²) in [4.78, 5) is 18.8. The Balaban J connectivity index is 0.000000671. The Hall–Kier alpha value is -1.96. The number of aromatic nitrogens is 3. The molecular formula is C5H10N6O2. The van der Waals surface area contributed by atoms with Gasteiger partial charge in [0, 0.05) is 0 Å². The lowest BCUT2D eigenvalue weighted by atomic mass is 10.8. The summed E-state index contributed by atoms with van der Waals surface area (Å²) in [6.45, 7) is 1.73. The molecule has 0 amide bonds. The van der Waals surface area contributed by atoms with Crippen LogP contribution in [-0.4, -0.2) is 33.6 Å². The fraction of sp³-hybridized carbons (Fsp3) is 0.200. The van der Waals surface area contributed by atoms with E-state index in [9.17, 15) is 0 Å². The number of nitrogen functional groups attached to an aromatic ring is 2. The zero-order valence-electron chi connectivity index (χ0n) is 6.77. The summed E-state index contributed by atoms with van der Waals surface area (Å²) in [7, 11) is 0. The van der Waals surface area contributed by atoms with Gasteiger partial charge in [-0.3, -0.25) is 0 Å². The van der Waals surface area contributed by atoms with Crippen molar-refractivity contribution in [2.45, 2.75) is 0 Å². The highest BCUT2D eigenvalue weighted by molar-refractivity contribution is 5.36. The number of rotatable bonds is 2. The van der Waals surface area contributed by atoms with Gasteiger partial charge in [-0.2, -0.15) is 15.0 Å². The number of aliphatic hydroxyl groups excluding tert-OH is 1. The summed E-state index contributed by atoms with van der Waals surface area (Å²) < 4.78 is 0. The molecule has 8 nitrogen and oxygen atoms in total. The van der Waals surface area contributed by atoms with Crippen LogP contribution in [0.5, 0.6) is 0 Å². The molecule has 1 aromatic heterocycles. The fourth-order valence-corrected chi connectivity index (χ4v) is 0.559. The lowest BCUT2D eigenvalue weighted by Crippen LogP contribution is -2.09. The number of nitrogens with one attached hydrogen (secondary N) is 1. The monoisotopic (exact) mass is 186 g/mol. The minimum Gasteiger partial charge on any atom is -0.376 e. The molecule has 0 atom stereocenters. The quantitative estimate of drug-likeness (QED) is 0.397. The first-order valence-electron chi connectivity index (χ1n) is 3.13. The van der Waals surface area contributed by atoms with Crippen molar-refractivity contribution in [3.8, 4) is 0 Å². The maximum atomic E-state index is 8.41. The van der Waals surface area contributed by atoms with Gasteiger partial charge in [0.05, 0.1) is 0 Å². The Morgan fingerprint density at radius 1 is 1.23 bits per heavy atom. The molecule has 0 saturated heterocycles. The van der Waals surface area contributed by atoms with Crippen molar-refractivity contribution in [2.75, 3.05) is 23.5 Å². The molecule has 0 saturated carbocycles. The van der Waals surface area contributed by atoms with E-state index in [4.69, 9.17) is 21.4 Å². The maximum absolute atomic E-state index is 8.41. The van der Waals surface area contributed by atoms with Crippen LogP contribution in [0.4, 0.5) is 17.8 Å². The average molecular weight is 186 g/mol. The summed E-state index contributed by atoms with van der Waals surface area (Å²) in [5.41, 5.74) is 10.5. The molecule has 6 N–H and O–H groups in total.